The van der Waals surface area contributed by atoms with Gasteiger partial charge >= 0.3 is 5.97 Å². The van der Waals surface area contributed by atoms with Crippen LogP contribution >= 0.6 is 0 Å². The molecule has 0 bridgehead atoms. The van der Waals surface area contributed by atoms with Crippen molar-refractivity contribution < 1.29 is 9.90 Å². The number of carbonyl (C=O) groups is 1. The first-order valence-electron chi connectivity index (χ1n) is 4.17. The van der Waals surface area contributed by atoms with Crippen molar-refractivity contribution in [1.29, 1.82) is 0 Å². The van der Waals surface area contributed by atoms with Gasteiger partial charge in [0.25, 0.3) is 0 Å². The molecular formula is C8H14N2O2. The number of aliphatic carboxylic acids is 1. The van der Waals surface area contributed by atoms with E-state index >= 15 is 0 Å². The summed E-state index contributed by atoms with van der Waals surface area (Å²) in [7, 11) is 0. The number of rotatable bonds is 1. The van der Waals surface area contributed by atoms with Crippen molar-refractivity contribution in [1.82, 2.24) is 5.32 Å². The topological polar surface area (TPSA) is 75.4 Å². The summed E-state index contributed by atoms with van der Waals surface area (Å²) in [5.41, 5.74) is 6.04. The molecule has 1 aliphatic heterocycles. The van der Waals surface area contributed by atoms with Crippen molar-refractivity contribution in [2.75, 3.05) is 6.54 Å². The van der Waals surface area contributed by atoms with Crippen molar-refractivity contribution >= 4 is 5.97 Å². The minimum absolute atomic E-state index is 0.0306. The van der Waals surface area contributed by atoms with Crippen LogP contribution in [-0.2, 0) is 4.79 Å². The van der Waals surface area contributed by atoms with Crippen molar-refractivity contribution in [3.63, 3.8) is 0 Å². The van der Waals surface area contributed by atoms with Gasteiger partial charge in [-0.05, 0) is 19.3 Å². The Bertz CT molecular complexity index is 201. The molecule has 4 nitrogen and oxygen atoms in total. The van der Waals surface area contributed by atoms with Gasteiger partial charge in [0, 0.05) is 12.2 Å². The van der Waals surface area contributed by atoms with Crippen molar-refractivity contribution in [3.05, 3.63) is 11.4 Å². The molecule has 0 saturated carbocycles. The van der Waals surface area contributed by atoms with Crippen LogP contribution in [0.4, 0.5) is 0 Å². The van der Waals surface area contributed by atoms with Crippen LogP contribution in [0.5, 0.6) is 0 Å². The summed E-state index contributed by atoms with van der Waals surface area (Å²) in [6, 6.07) is 0. The normalized spacial score (nSPS) is 22.3. The Morgan fingerprint density at radius 2 is 2.17 bits per heavy atom. The zero-order chi connectivity index (χ0) is 8.97. The molecule has 68 valence electrons. The molecule has 1 saturated heterocycles. The van der Waals surface area contributed by atoms with Crippen LogP contribution in [0, 0.1) is 0 Å². The Balaban J connectivity index is 2.69. The maximum Gasteiger partial charge on any atom is 0.353 e. The van der Waals surface area contributed by atoms with E-state index in [1.54, 1.807) is 0 Å². The summed E-state index contributed by atoms with van der Waals surface area (Å²) >= 11 is 0. The number of hydrogen-bond acceptors (Lipinski definition) is 3. The van der Waals surface area contributed by atoms with Crippen LogP contribution in [0.1, 0.15) is 25.7 Å². The summed E-state index contributed by atoms with van der Waals surface area (Å²) < 4.78 is 0. The summed E-state index contributed by atoms with van der Waals surface area (Å²) in [4.78, 5) is 10.5. The molecule has 4 N–H and O–H groups in total. The molecule has 0 aromatic rings. The molecular weight excluding hydrogens is 156 g/mol. The highest BCUT2D eigenvalue weighted by Crippen LogP contribution is 2.12. The molecule has 1 aliphatic rings. The van der Waals surface area contributed by atoms with Gasteiger partial charge in [-0.1, -0.05) is 6.42 Å². The fourth-order valence-corrected chi connectivity index (χ4v) is 1.29. The molecule has 1 heterocycles. The standard InChI is InChI=1S/C8H14N2O2/c9-7(8(11)12)6-4-2-1-3-5-10-6/h10H,1-5,9H2,(H,11,12)/b7-6-. The van der Waals surface area contributed by atoms with Gasteiger partial charge in [-0.25, -0.2) is 4.79 Å². The van der Waals surface area contributed by atoms with Gasteiger partial charge in [0.05, 0.1) is 0 Å². The minimum atomic E-state index is -1.03. The lowest BCUT2D eigenvalue weighted by Gasteiger charge is -2.07. The van der Waals surface area contributed by atoms with E-state index < -0.39 is 5.97 Å². The minimum Gasteiger partial charge on any atom is -0.477 e. The maximum absolute atomic E-state index is 10.5. The van der Waals surface area contributed by atoms with E-state index in [0.717, 1.165) is 32.2 Å². The highest BCUT2D eigenvalue weighted by atomic mass is 16.4. The first-order chi connectivity index (χ1) is 5.72. The number of carboxylic acids is 1. The second-order valence-electron chi connectivity index (χ2n) is 2.93. The summed E-state index contributed by atoms with van der Waals surface area (Å²) in [6.07, 6.45) is 4.02. The highest BCUT2D eigenvalue weighted by molar-refractivity contribution is 5.86. The van der Waals surface area contributed by atoms with Crippen LogP contribution in [0.2, 0.25) is 0 Å². The SMILES string of the molecule is N/C(C(=O)O)=C1/CCCCCN1. The first-order valence-corrected chi connectivity index (χ1v) is 4.17. The van der Waals surface area contributed by atoms with Crippen LogP contribution < -0.4 is 11.1 Å². The van der Waals surface area contributed by atoms with Crippen LogP contribution in [-0.4, -0.2) is 17.6 Å². The Kier molecular flexibility index (Phi) is 2.96. The molecule has 0 aliphatic carbocycles. The van der Waals surface area contributed by atoms with E-state index in [-0.39, 0.29) is 5.70 Å². The fraction of sp³-hybridized carbons (Fsp3) is 0.625. The van der Waals surface area contributed by atoms with E-state index in [4.69, 9.17) is 10.8 Å². The molecule has 4 heteroatoms. The number of nitrogens with one attached hydrogen (secondary N) is 1. The largest absolute Gasteiger partial charge is 0.477 e. The lowest BCUT2D eigenvalue weighted by molar-refractivity contribution is -0.132. The Morgan fingerprint density at radius 3 is 2.83 bits per heavy atom. The second-order valence-corrected chi connectivity index (χ2v) is 2.93. The molecule has 0 aromatic heterocycles. The number of nitrogens with two attached hydrogens (primary N) is 1. The molecule has 0 spiro atoms. The van der Waals surface area contributed by atoms with Gasteiger partial charge in [-0.15, -0.1) is 0 Å². The van der Waals surface area contributed by atoms with Crippen LogP contribution in [0.3, 0.4) is 0 Å². The summed E-state index contributed by atoms with van der Waals surface area (Å²) in [5, 5.41) is 11.6. The van der Waals surface area contributed by atoms with E-state index in [1.165, 1.54) is 0 Å². The molecule has 12 heavy (non-hydrogen) atoms. The quantitative estimate of drug-likeness (QED) is 0.498. The number of allylic oxidation sites excluding steroid dienone is 1. The Hall–Kier alpha value is -1.19. The molecule has 0 atom stereocenters. The van der Waals surface area contributed by atoms with Gasteiger partial charge in [-0.2, -0.15) is 0 Å². The predicted molar refractivity (Wildman–Crippen MR) is 45.3 cm³/mol. The summed E-state index contributed by atoms with van der Waals surface area (Å²) in [5.74, 6) is -1.03. The van der Waals surface area contributed by atoms with Crippen LogP contribution in [0.25, 0.3) is 0 Å². The van der Waals surface area contributed by atoms with Gasteiger partial charge in [0.15, 0.2) is 0 Å². The Labute approximate surface area is 71.4 Å². The highest BCUT2D eigenvalue weighted by Gasteiger charge is 2.11. The molecule has 1 rings (SSSR count). The van der Waals surface area contributed by atoms with Gasteiger partial charge < -0.3 is 16.2 Å². The van der Waals surface area contributed by atoms with Crippen molar-refractivity contribution in [2.45, 2.75) is 25.7 Å². The average molecular weight is 170 g/mol. The lowest BCUT2D eigenvalue weighted by atomic mass is 10.2. The maximum atomic E-state index is 10.5. The first kappa shape index (κ1) is 8.90. The van der Waals surface area contributed by atoms with Gasteiger partial charge in [0.1, 0.15) is 5.70 Å². The lowest BCUT2D eigenvalue weighted by Crippen LogP contribution is -2.22. The molecule has 0 radical (unpaired) electrons. The van der Waals surface area contributed by atoms with E-state index in [1.807, 2.05) is 0 Å². The molecule has 0 unspecified atom stereocenters. The number of hydrogen-bond donors (Lipinski definition) is 3. The third-order valence-corrected chi connectivity index (χ3v) is 2.00. The molecule has 0 amide bonds. The summed E-state index contributed by atoms with van der Waals surface area (Å²) in [6.45, 7) is 0.837. The van der Waals surface area contributed by atoms with Gasteiger partial charge in [-0.3, -0.25) is 0 Å². The van der Waals surface area contributed by atoms with Crippen LogP contribution in [0.15, 0.2) is 11.4 Å². The third kappa shape index (κ3) is 2.15. The zero-order valence-corrected chi connectivity index (χ0v) is 6.97. The zero-order valence-electron chi connectivity index (χ0n) is 6.97. The Morgan fingerprint density at radius 1 is 1.42 bits per heavy atom. The van der Waals surface area contributed by atoms with Crippen molar-refractivity contribution in [3.8, 4) is 0 Å². The van der Waals surface area contributed by atoms with E-state index in [2.05, 4.69) is 5.32 Å². The van der Waals surface area contributed by atoms with E-state index in [9.17, 15) is 4.79 Å². The monoisotopic (exact) mass is 170 g/mol. The van der Waals surface area contributed by atoms with E-state index in [0.29, 0.717) is 5.70 Å². The van der Waals surface area contributed by atoms with Crippen molar-refractivity contribution in [2.24, 2.45) is 5.73 Å². The molecule has 0 aromatic carbocycles. The second kappa shape index (κ2) is 3.99. The predicted octanol–water partition coefficient (Wildman–Crippen LogP) is 0.405. The fourth-order valence-electron chi connectivity index (χ4n) is 1.29. The smallest absolute Gasteiger partial charge is 0.353 e. The average Bonchev–Trinajstić information content (AvgIpc) is 2.30. The molecule has 1 fully saturated rings. The van der Waals surface area contributed by atoms with Gasteiger partial charge in [0.2, 0.25) is 0 Å². The third-order valence-electron chi connectivity index (χ3n) is 2.00. The number of carboxylic acid groups (broad SMARTS) is 1.